The zero-order valence-electron chi connectivity index (χ0n) is 22.9. The Bertz CT molecular complexity index is 1350. The van der Waals surface area contributed by atoms with E-state index in [2.05, 4.69) is 27.0 Å². The minimum Gasteiger partial charge on any atom is -0.476 e. The fourth-order valence-electron chi connectivity index (χ4n) is 4.30. The second-order valence-electron chi connectivity index (χ2n) is 9.89. The molecule has 200 valence electrons. The molecule has 2 heterocycles. The summed E-state index contributed by atoms with van der Waals surface area (Å²) < 4.78 is 23.2. The summed E-state index contributed by atoms with van der Waals surface area (Å²) in [6.45, 7) is 12.9. The number of aryl methyl sites for hydroxylation is 3. The number of benzene rings is 2. The topological polar surface area (TPSA) is 90.8 Å². The van der Waals surface area contributed by atoms with Gasteiger partial charge in [-0.2, -0.15) is 0 Å². The Morgan fingerprint density at radius 3 is 2.16 bits per heavy atom. The Hall–Kier alpha value is -3.91. The first-order valence-electron chi connectivity index (χ1n) is 12.7. The van der Waals surface area contributed by atoms with Crippen LogP contribution in [0.1, 0.15) is 55.0 Å². The van der Waals surface area contributed by atoms with Crippen LogP contribution < -0.4 is 4.74 Å². The van der Waals surface area contributed by atoms with Crippen LogP contribution in [0.15, 0.2) is 63.7 Å². The maximum atomic E-state index is 12.4. The molecule has 0 radical (unpaired) electrons. The Morgan fingerprint density at radius 2 is 1.55 bits per heavy atom. The number of ether oxygens (including phenoxy) is 2. The highest BCUT2D eigenvalue weighted by molar-refractivity contribution is 5.79. The highest BCUT2D eigenvalue weighted by Crippen LogP contribution is 2.30. The van der Waals surface area contributed by atoms with Crippen molar-refractivity contribution in [1.82, 2.24) is 14.9 Å². The molecule has 0 aliphatic rings. The standard InChI is InChI=1S/C30H35N3O5/c1-7-35-29(34)30(5,6)38-28-20(2)13-23(14-21(28)3)17-33(18-26-31-15-22(4)36-26)19-27-32-16-25(37-27)24-11-9-8-10-12-24/h8-16H,7,17-19H2,1-6H3. The molecule has 0 bridgehead atoms. The molecule has 2 aromatic carbocycles. The van der Waals surface area contributed by atoms with Crippen LogP contribution >= 0.6 is 0 Å². The fraction of sp³-hybridized carbons (Fsp3) is 0.367. The minimum atomic E-state index is -1.09. The van der Waals surface area contributed by atoms with Crippen LogP contribution in [0.5, 0.6) is 5.75 Å². The van der Waals surface area contributed by atoms with Gasteiger partial charge in [-0.25, -0.2) is 14.8 Å². The maximum absolute atomic E-state index is 12.4. The van der Waals surface area contributed by atoms with E-state index in [0.717, 1.165) is 33.8 Å². The summed E-state index contributed by atoms with van der Waals surface area (Å²) >= 11 is 0. The smallest absolute Gasteiger partial charge is 0.349 e. The summed E-state index contributed by atoms with van der Waals surface area (Å²) in [5, 5.41) is 0. The molecule has 2 aromatic heterocycles. The number of hydrogen-bond acceptors (Lipinski definition) is 8. The van der Waals surface area contributed by atoms with Crippen LogP contribution in [-0.2, 0) is 29.2 Å². The Labute approximate surface area is 223 Å². The highest BCUT2D eigenvalue weighted by Gasteiger charge is 2.32. The van der Waals surface area contributed by atoms with Gasteiger partial charge in [0.25, 0.3) is 0 Å². The van der Waals surface area contributed by atoms with E-state index >= 15 is 0 Å². The van der Waals surface area contributed by atoms with Gasteiger partial charge >= 0.3 is 5.97 Å². The summed E-state index contributed by atoms with van der Waals surface area (Å²) in [7, 11) is 0. The van der Waals surface area contributed by atoms with Gasteiger partial charge in [0.2, 0.25) is 11.8 Å². The van der Waals surface area contributed by atoms with E-state index in [1.165, 1.54) is 0 Å². The molecule has 0 saturated heterocycles. The van der Waals surface area contributed by atoms with Gasteiger partial charge in [-0.05, 0) is 58.2 Å². The number of nitrogens with zero attached hydrogens (tertiary/aromatic N) is 3. The van der Waals surface area contributed by atoms with Crippen molar-refractivity contribution in [2.24, 2.45) is 0 Å². The van der Waals surface area contributed by atoms with Gasteiger partial charge < -0.3 is 18.3 Å². The van der Waals surface area contributed by atoms with Gasteiger partial charge in [-0.1, -0.05) is 42.5 Å². The Kier molecular flexibility index (Phi) is 8.32. The normalized spacial score (nSPS) is 11.7. The molecule has 0 spiro atoms. The first kappa shape index (κ1) is 27.1. The van der Waals surface area contributed by atoms with Crippen LogP contribution in [0, 0.1) is 20.8 Å². The van der Waals surface area contributed by atoms with Crippen LogP contribution in [-0.4, -0.2) is 33.0 Å². The lowest BCUT2D eigenvalue weighted by molar-refractivity contribution is -0.158. The van der Waals surface area contributed by atoms with Crippen LogP contribution in [0.4, 0.5) is 0 Å². The van der Waals surface area contributed by atoms with Crippen molar-refractivity contribution in [3.05, 3.63) is 89.1 Å². The molecule has 0 unspecified atom stereocenters. The molecule has 0 saturated carbocycles. The largest absolute Gasteiger partial charge is 0.476 e. The molecule has 0 atom stereocenters. The minimum absolute atomic E-state index is 0.305. The predicted octanol–water partition coefficient (Wildman–Crippen LogP) is 6.18. The number of esters is 1. The van der Waals surface area contributed by atoms with E-state index in [1.54, 1.807) is 33.2 Å². The number of carbonyl (C=O) groups is 1. The molecule has 0 aliphatic heterocycles. The molecule has 0 fully saturated rings. The third-order valence-corrected chi connectivity index (χ3v) is 6.05. The van der Waals surface area contributed by atoms with E-state index < -0.39 is 11.6 Å². The molecular weight excluding hydrogens is 482 g/mol. The predicted molar refractivity (Wildman–Crippen MR) is 143 cm³/mol. The van der Waals surface area contributed by atoms with Gasteiger partial charge in [-0.3, -0.25) is 4.90 Å². The first-order chi connectivity index (χ1) is 18.1. The van der Waals surface area contributed by atoms with Crippen LogP contribution in [0.2, 0.25) is 0 Å². The summed E-state index contributed by atoms with van der Waals surface area (Å²) in [6, 6.07) is 14.1. The van der Waals surface area contributed by atoms with Crippen molar-refractivity contribution >= 4 is 5.97 Å². The van der Waals surface area contributed by atoms with Crippen molar-refractivity contribution in [3.63, 3.8) is 0 Å². The average Bonchev–Trinajstić information content (AvgIpc) is 3.51. The van der Waals surface area contributed by atoms with Crippen molar-refractivity contribution in [2.75, 3.05) is 6.61 Å². The summed E-state index contributed by atoms with van der Waals surface area (Å²) in [5.41, 5.74) is 2.84. The van der Waals surface area contributed by atoms with Gasteiger partial charge in [0, 0.05) is 12.1 Å². The van der Waals surface area contributed by atoms with Gasteiger partial charge in [0.1, 0.15) is 11.5 Å². The second-order valence-corrected chi connectivity index (χ2v) is 9.89. The molecule has 8 nitrogen and oxygen atoms in total. The highest BCUT2D eigenvalue weighted by atomic mass is 16.6. The SMILES string of the molecule is CCOC(=O)C(C)(C)Oc1c(C)cc(CN(Cc2ncc(C)o2)Cc2ncc(-c3ccccc3)o2)cc1C. The van der Waals surface area contributed by atoms with Crippen LogP contribution in [0.3, 0.4) is 0 Å². The molecule has 38 heavy (non-hydrogen) atoms. The van der Waals surface area contributed by atoms with Gasteiger partial charge in [-0.15, -0.1) is 0 Å². The Morgan fingerprint density at radius 1 is 0.921 bits per heavy atom. The van der Waals surface area contributed by atoms with E-state index in [0.29, 0.717) is 43.8 Å². The van der Waals surface area contributed by atoms with Crippen LogP contribution in [0.25, 0.3) is 11.3 Å². The zero-order valence-corrected chi connectivity index (χ0v) is 22.9. The third-order valence-electron chi connectivity index (χ3n) is 6.05. The second kappa shape index (κ2) is 11.6. The molecule has 8 heteroatoms. The molecule has 0 N–H and O–H groups in total. The number of rotatable bonds is 11. The molecule has 0 aliphatic carbocycles. The number of carbonyl (C=O) groups excluding carboxylic acids is 1. The lowest BCUT2D eigenvalue weighted by atomic mass is 10.0. The van der Waals surface area contributed by atoms with Crippen molar-refractivity contribution in [3.8, 4) is 17.1 Å². The Balaban J connectivity index is 1.55. The summed E-state index contributed by atoms with van der Waals surface area (Å²) in [4.78, 5) is 23.4. The maximum Gasteiger partial charge on any atom is 0.349 e. The van der Waals surface area contributed by atoms with E-state index in [-0.39, 0.29) is 0 Å². The first-order valence-corrected chi connectivity index (χ1v) is 12.7. The van der Waals surface area contributed by atoms with E-state index in [9.17, 15) is 4.79 Å². The molecule has 0 amide bonds. The van der Waals surface area contributed by atoms with E-state index in [1.807, 2.05) is 51.1 Å². The summed E-state index contributed by atoms with van der Waals surface area (Å²) in [5.74, 6) is 3.02. The lowest BCUT2D eigenvalue weighted by Crippen LogP contribution is -2.40. The fourth-order valence-corrected chi connectivity index (χ4v) is 4.30. The average molecular weight is 518 g/mol. The molecule has 4 rings (SSSR count). The number of aromatic nitrogens is 2. The molecule has 4 aromatic rings. The summed E-state index contributed by atoms with van der Waals surface area (Å²) in [6.07, 6.45) is 3.47. The number of oxazole rings is 2. The molecular formula is C30H35N3O5. The monoisotopic (exact) mass is 517 g/mol. The quantitative estimate of drug-likeness (QED) is 0.218. The van der Waals surface area contributed by atoms with Gasteiger partial charge in [0.05, 0.1) is 32.1 Å². The lowest BCUT2D eigenvalue weighted by Gasteiger charge is -2.27. The van der Waals surface area contributed by atoms with Gasteiger partial charge in [0.15, 0.2) is 11.4 Å². The van der Waals surface area contributed by atoms with E-state index in [4.69, 9.17) is 18.3 Å². The van der Waals surface area contributed by atoms with Crippen molar-refractivity contribution in [1.29, 1.82) is 0 Å². The zero-order chi connectivity index (χ0) is 27.3. The third kappa shape index (κ3) is 6.69. The number of hydrogen-bond donors (Lipinski definition) is 0. The van der Waals surface area contributed by atoms with Crippen molar-refractivity contribution in [2.45, 2.75) is 66.8 Å². The van der Waals surface area contributed by atoms with Crippen molar-refractivity contribution < 1.29 is 23.1 Å².